The molecule has 1 atom stereocenters. The molecule has 0 amide bonds. The molecule has 2 aliphatic rings. The molecular formula is C10H19NO2. The molecule has 0 radical (unpaired) electrons. The fourth-order valence-corrected chi connectivity index (χ4v) is 2.36. The number of rotatable bonds is 3. The normalized spacial score (nSPS) is 33.2. The molecule has 3 heteroatoms. The Kier molecular flexibility index (Phi) is 2.58. The molecule has 0 aromatic heterocycles. The summed E-state index contributed by atoms with van der Waals surface area (Å²) in [5, 5.41) is 18.9. The molecular weight excluding hydrogens is 166 g/mol. The van der Waals surface area contributed by atoms with Crippen LogP contribution in [0, 0.1) is 5.92 Å². The van der Waals surface area contributed by atoms with Gasteiger partial charge in [0.25, 0.3) is 0 Å². The molecule has 1 aliphatic carbocycles. The topological polar surface area (TPSA) is 43.7 Å². The Bertz CT molecular complexity index is 180. The van der Waals surface area contributed by atoms with E-state index in [1.807, 2.05) is 0 Å². The third kappa shape index (κ3) is 2.03. The van der Waals surface area contributed by atoms with E-state index in [0.29, 0.717) is 12.5 Å². The summed E-state index contributed by atoms with van der Waals surface area (Å²) in [5.74, 6) is 0.448. The molecule has 76 valence electrons. The molecule has 0 aromatic carbocycles. The van der Waals surface area contributed by atoms with Gasteiger partial charge in [-0.1, -0.05) is 0 Å². The number of likely N-dealkylation sites (tertiary alicyclic amines) is 1. The SMILES string of the molecule is OC[C@@H]1CCN(CC2(O)CCC2)C1. The van der Waals surface area contributed by atoms with Gasteiger partial charge in [0.1, 0.15) is 0 Å². The molecule has 2 fully saturated rings. The Morgan fingerprint density at radius 3 is 2.62 bits per heavy atom. The minimum Gasteiger partial charge on any atom is -0.396 e. The molecule has 2 rings (SSSR count). The predicted octanol–water partition coefficient (Wildman–Crippen LogP) is 0.216. The second kappa shape index (κ2) is 3.56. The average Bonchev–Trinajstić information content (AvgIpc) is 2.49. The smallest absolute Gasteiger partial charge is 0.0774 e. The lowest BCUT2D eigenvalue weighted by Gasteiger charge is -2.39. The summed E-state index contributed by atoms with van der Waals surface area (Å²) in [5.41, 5.74) is -0.385. The van der Waals surface area contributed by atoms with Gasteiger partial charge >= 0.3 is 0 Å². The zero-order valence-corrected chi connectivity index (χ0v) is 8.08. The van der Waals surface area contributed by atoms with Gasteiger partial charge in [0.15, 0.2) is 0 Å². The highest BCUT2D eigenvalue weighted by atomic mass is 16.3. The fraction of sp³-hybridized carbons (Fsp3) is 1.00. The molecule has 0 bridgehead atoms. The molecule has 1 saturated heterocycles. The number of hydrogen-bond acceptors (Lipinski definition) is 3. The highest BCUT2D eigenvalue weighted by molar-refractivity contribution is 4.92. The van der Waals surface area contributed by atoms with Crippen LogP contribution in [-0.4, -0.2) is 47.0 Å². The van der Waals surface area contributed by atoms with E-state index in [2.05, 4.69) is 4.90 Å². The van der Waals surface area contributed by atoms with Crippen LogP contribution in [0.2, 0.25) is 0 Å². The number of aliphatic hydroxyl groups excluding tert-OH is 1. The monoisotopic (exact) mass is 185 g/mol. The first-order chi connectivity index (χ1) is 6.22. The van der Waals surface area contributed by atoms with E-state index >= 15 is 0 Å². The standard InChI is InChI=1S/C10H19NO2/c12-7-9-2-5-11(6-9)8-10(13)3-1-4-10/h9,12-13H,1-8H2/t9-/m1/s1. The van der Waals surface area contributed by atoms with E-state index in [0.717, 1.165) is 38.9 Å². The Morgan fingerprint density at radius 2 is 2.15 bits per heavy atom. The van der Waals surface area contributed by atoms with Gasteiger partial charge < -0.3 is 15.1 Å². The zero-order chi connectivity index (χ0) is 9.31. The first-order valence-electron chi connectivity index (χ1n) is 5.27. The van der Waals surface area contributed by atoms with Crippen molar-refractivity contribution in [1.29, 1.82) is 0 Å². The molecule has 1 heterocycles. The van der Waals surface area contributed by atoms with Crippen molar-refractivity contribution in [2.45, 2.75) is 31.3 Å². The maximum atomic E-state index is 9.93. The van der Waals surface area contributed by atoms with Gasteiger partial charge in [-0.15, -0.1) is 0 Å². The van der Waals surface area contributed by atoms with Crippen LogP contribution in [0.3, 0.4) is 0 Å². The second-order valence-electron chi connectivity index (χ2n) is 4.65. The summed E-state index contributed by atoms with van der Waals surface area (Å²) in [7, 11) is 0. The number of β-amino-alcohol motifs (C(OH)–C–C–N with tert-alkyl or cyclic N) is 1. The molecule has 2 N–H and O–H groups in total. The maximum absolute atomic E-state index is 9.93. The Labute approximate surface area is 79.4 Å². The van der Waals surface area contributed by atoms with Crippen LogP contribution in [0.15, 0.2) is 0 Å². The number of nitrogens with zero attached hydrogens (tertiary/aromatic N) is 1. The van der Waals surface area contributed by atoms with Crippen molar-refractivity contribution in [2.75, 3.05) is 26.2 Å². The van der Waals surface area contributed by atoms with Gasteiger partial charge in [-0.25, -0.2) is 0 Å². The van der Waals surface area contributed by atoms with Gasteiger partial charge in [-0.2, -0.15) is 0 Å². The van der Waals surface area contributed by atoms with Gasteiger partial charge in [0, 0.05) is 19.7 Å². The van der Waals surface area contributed by atoms with Crippen LogP contribution < -0.4 is 0 Å². The van der Waals surface area contributed by atoms with Gasteiger partial charge in [-0.3, -0.25) is 0 Å². The van der Waals surface area contributed by atoms with Gasteiger partial charge in [0.2, 0.25) is 0 Å². The van der Waals surface area contributed by atoms with Gasteiger partial charge in [0.05, 0.1) is 5.60 Å². The summed E-state index contributed by atoms with van der Waals surface area (Å²) in [6.07, 6.45) is 4.20. The fourth-order valence-electron chi connectivity index (χ4n) is 2.36. The molecule has 1 aliphatic heterocycles. The largest absolute Gasteiger partial charge is 0.396 e. The lowest BCUT2D eigenvalue weighted by molar-refractivity contribution is -0.0556. The molecule has 0 unspecified atom stereocenters. The minimum absolute atomic E-state index is 0.301. The average molecular weight is 185 g/mol. The minimum atomic E-state index is -0.385. The number of aliphatic hydroxyl groups is 2. The van der Waals surface area contributed by atoms with Crippen molar-refractivity contribution in [2.24, 2.45) is 5.92 Å². The van der Waals surface area contributed by atoms with E-state index in [9.17, 15) is 5.11 Å². The van der Waals surface area contributed by atoms with Crippen molar-refractivity contribution in [1.82, 2.24) is 4.90 Å². The maximum Gasteiger partial charge on any atom is 0.0774 e. The summed E-state index contributed by atoms with van der Waals surface area (Å²) in [6, 6.07) is 0. The Morgan fingerprint density at radius 1 is 1.38 bits per heavy atom. The van der Waals surface area contributed by atoms with Crippen molar-refractivity contribution in [3.63, 3.8) is 0 Å². The van der Waals surface area contributed by atoms with E-state index < -0.39 is 0 Å². The lowest BCUT2D eigenvalue weighted by atomic mass is 9.80. The van der Waals surface area contributed by atoms with E-state index in [-0.39, 0.29) is 5.60 Å². The van der Waals surface area contributed by atoms with Gasteiger partial charge in [-0.05, 0) is 38.1 Å². The van der Waals surface area contributed by atoms with Crippen LogP contribution in [0.4, 0.5) is 0 Å². The van der Waals surface area contributed by atoms with Crippen molar-refractivity contribution >= 4 is 0 Å². The van der Waals surface area contributed by atoms with Crippen molar-refractivity contribution in [3.8, 4) is 0 Å². The highest BCUT2D eigenvalue weighted by Crippen LogP contribution is 2.33. The van der Waals surface area contributed by atoms with Crippen LogP contribution in [0.5, 0.6) is 0 Å². The summed E-state index contributed by atoms with van der Waals surface area (Å²) >= 11 is 0. The summed E-state index contributed by atoms with van der Waals surface area (Å²) in [4.78, 5) is 2.29. The second-order valence-corrected chi connectivity index (χ2v) is 4.65. The third-order valence-corrected chi connectivity index (χ3v) is 3.43. The third-order valence-electron chi connectivity index (χ3n) is 3.43. The molecule has 13 heavy (non-hydrogen) atoms. The van der Waals surface area contributed by atoms with Crippen LogP contribution >= 0.6 is 0 Å². The summed E-state index contributed by atoms with van der Waals surface area (Å²) in [6.45, 7) is 3.14. The molecule has 3 nitrogen and oxygen atoms in total. The highest BCUT2D eigenvalue weighted by Gasteiger charge is 2.37. The van der Waals surface area contributed by atoms with E-state index in [1.54, 1.807) is 0 Å². The molecule has 0 aromatic rings. The molecule has 0 spiro atoms. The Balaban J connectivity index is 1.77. The van der Waals surface area contributed by atoms with Crippen LogP contribution in [-0.2, 0) is 0 Å². The quantitative estimate of drug-likeness (QED) is 0.661. The predicted molar refractivity (Wildman–Crippen MR) is 50.4 cm³/mol. The Hall–Kier alpha value is -0.120. The lowest BCUT2D eigenvalue weighted by Crippen LogP contribution is -2.47. The molecule has 1 saturated carbocycles. The van der Waals surface area contributed by atoms with Crippen LogP contribution in [0.25, 0.3) is 0 Å². The first kappa shape index (κ1) is 9.44. The first-order valence-corrected chi connectivity index (χ1v) is 5.27. The van der Waals surface area contributed by atoms with Crippen molar-refractivity contribution < 1.29 is 10.2 Å². The number of hydrogen-bond donors (Lipinski definition) is 2. The van der Waals surface area contributed by atoms with E-state index in [1.165, 1.54) is 6.42 Å². The summed E-state index contributed by atoms with van der Waals surface area (Å²) < 4.78 is 0. The zero-order valence-electron chi connectivity index (χ0n) is 8.08. The van der Waals surface area contributed by atoms with Crippen LogP contribution in [0.1, 0.15) is 25.7 Å². The van der Waals surface area contributed by atoms with Crippen molar-refractivity contribution in [3.05, 3.63) is 0 Å². The van der Waals surface area contributed by atoms with E-state index in [4.69, 9.17) is 5.11 Å².